The monoisotopic (exact) mass is 442 g/mol. The zero-order valence-corrected chi connectivity index (χ0v) is 18.8. The van der Waals surface area contributed by atoms with Gasteiger partial charge in [-0.2, -0.15) is 0 Å². The highest BCUT2D eigenvalue weighted by atomic mass is 19.1. The van der Waals surface area contributed by atoms with E-state index in [0.29, 0.717) is 47.8 Å². The largest absolute Gasteiger partial charge is 0.404 e. The second kappa shape index (κ2) is 10.4. The summed E-state index contributed by atoms with van der Waals surface area (Å²) in [5, 5.41) is 3.44. The molecule has 32 heavy (non-hydrogen) atoms. The second-order valence-electron chi connectivity index (χ2n) is 7.98. The minimum Gasteiger partial charge on any atom is -0.404 e. The fraction of sp³-hybridized carbons (Fsp3) is 0.435. The highest BCUT2D eigenvalue weighted by Crippen LogP contribution is 2.25. The van der Waals surface area contributed by atoms with Crippen LogP contribution in [0.15, 0.2) is 45.7 Å². The second-order valence-corrected chi connectivity index (χ2v) is 7.98. The smallest absolute Gasteiger partial charge is 0.219 e. The number of rotatable bonds is 7. The van der Waals surface area contributed by atoms with Gasteiger partial charge in [0.2, 0.25) is 5.91 Å². The molecule has 0 aromatic heterocycles. The van der Waals surface area contributed by atoms with Crippen molar-refractivity contribution < 1.29 is 13.9 Å². The summed E-state index contributed by atoms with van der Waals surface area (Å²) in [6, 6.07) is 4.66. The highest BCUT2D eigenvalue weighted by Gasteiger charge is 2.25. The van der Waals surface area contributed by atoms with Crippen LogP contribution in [0, 0.1) is 11.7 Å². The van der Waals surface area contributed by atoms with E-state index in [1.807, 2.05) is 0 Å². The first-order chi connectivity index (χ1) is 15.3. The quantitative estimate of drug-likeness (QED) is 0.441. The average molecular weight is 443 g/mol. The molecule has 5 N–H and O–H groups in total. The lowest BCUT2D eigenvalue weighted by Crippen LogP contribution is -2.43. The summed E-state index contributed by atoms with van der Waals surface area (Å²) >= 11 is 0. The normalized spacial score (nSPS) is 18.6. The van der Waals surface area contributed by atoms with Crippen molar-refractivity contribution in [2.24, 2.45) is 27.4 Å². The molecule has 172 valence electrons. The van der Waals surface area contributed by atoms with Crippen molar-refractivity contribution >= 4 is 28.7 Å². The van der Waals surface area contributed by atoms with Gasteiger partial charge in [-0.3, -0.25) is 9.79 Å². The van der Waals surface area contributed by atoms with Crippen molar-refractivity contribution in [3.63, 3.8) is 0 Å². The molecule has 2 aliphatic heterocycles. The lowest BCUT2D eigenvalue weighted by molar-refractivity contribution is -0.128. The molecule has 1 fully saturated rings. The summed E-state index contributed by atoms with van der Waals surface area (Å²) in [5.74, 6) is 0.0921. The van der Waals surface area contributed by atoms with Crippen LogP contribution in [0.5, 0.6) is 0 Å². The molecule has 0 atom stereocenters. The first-order valence-electron chi connectivity index (χ1n) is 10.6. The van der Waals surface area contributed by atoms with E-state index in [1.54, 1.807) is 31.0 Å². The molecule has 0 radical (unpaired) electrons. The zero-order chi connectivity index (χ0) is 23.3. The molecule has 1 amide bonds. The van der Waals surface area contributed by atoms with Crippen LogP contribution in [0.3, 0.4) is 0 Å². The van der Waals surface area contributed by atoms with E-state index in [4.69, 9.17) is 16.2 Å². The number of benzene rings is 1. The number of allylic oxidation sites excluding steroid dienone is 1. The summed E-state index contributed by atoms with van der Waals surface area (Å²) in [7, 11) is 1.65. The van der Waals surface area contributed by atoms with Gasteiger partial charge in [0, 0.05) is 68.2 Å². The van der Waals surface area contributed by atoms with Gasteiger partial charge in [-0.15, -0.1) is 0 Å². The van der Waals surface area contributed by atoms with Crippen LogP contribution in [0.1, 0.15) is 25.8 Å². The Hall–Kier alpha value is -3.20. The highest BCUT2D eigenvalue weighted by molar-refractivity contribution is 6.22. The maximum absolute atomic E-state index is 14.9. The standard InChI is InChI=1S/C23H31FN6O2/c1-14(27-3)18(9-25)17-4-5-22(20(24)8-17)29-23(26)19-11-30(15(2)31)7-6-21(19)28-10-16-12-32-13-16/h4-5,8-9,16,28H,6-7,10-13,25H2,1-3H3,(H2,26,29). The topological polar surface area (TPSA) is 118 Å². The Kier molecular flexibility index (Phi) is 7.63. The Morgan fingerprint density at radius 1 is 1.38 bits per heavy atom. The molecule has 9 heteroatoms. The molecular formula is C23H31FN6O2. The zero-order valence-electron chi connectivity index (χ0n) is 18.8. The number of aliphatic imine (C=N–C) groups is 2. The predicted octanol–water partition coefficient (Wildman–Crippen LogP) is 1.95. The van der Waals surface area contributed by atoms with Gasteiger partial charge in [-0.05, 0) is 24.6 Å². The molecule has 3 rings (SSSR count). The van der Waals surface area contributed by atoms with Gasteiger partial charge < -0.3 is 26.4 Å². The van der Waals surface area contributed by atoms with E-state index in [-0.39, 0.29) is 17.4 Å². The molecule has 0 saturated carbocycles. The molecule has 0 unspecified atom stereocenters. The van der Waals surface area contributed by atoms with Crippen LogP contribution in [0.2, 0.25) is 0 Å². The van der Waals surface area contributed by atoms with Crippen molar-refractivity contribution in [3.05, 3.63) is 47.0 Å². The van der Waals surface area contributed by atoms with Gasteiger partial charge in [0.1, 0.15) is 17.3 Å². The molecule has 2 aliphatic rings. The van der Waals surface area contributed by atoms with Crippen LogP contribution in [0.25, 0.3) is 5.57 Å². The molecule has 0 aliphatic carbocycles. The molecule has 1 aromatic carbocycles. The van der Waals surface area contributed by atoms with Crippen molar-refractivity contribution in [1.29, 1.82) is 0 Å². The first-order valence-corrected chi connectivity index (χ1v) is 10.6. The fourth-order valence-corrected chi connectivity index (χ4v) is 3.64. The number of hydrogen-bond donors (Lipinski definition) is 3. The third-order valence-electron chi connectivity index (χ3n) is 5.80. The number of halogens is 1. The number of amides is 1. The fourth-order valence-electron chi connectivity index (χ4n) is 3.64. The van der Waals surface area contributed by atoms with Crippen molar-refractivity contribution in [3.8, 4) is 0 Å². The average Bonchev–Trinajstić information content (AvgIpc) is 2.74. The summed E-state index contributed by atoms with van der Waals surface area (Å²) in [6.07, 6.45) is 2.04. The van der Waals surface area contributed by atoms with Gasteiger partial charge >= 0.3 is 0 Å². The predicted molar refractivity (Wildman–Crippen MR) is 125 cm³/mol. The minimum atomic E-state index is -0.519. The van der Waals surface area contributed by atoms with Crippen molar-refractivity contribution in [2.45, 2.75) is 20.3 Å². The molecule has 8 nitrogen and oxygen atoms in total. The number of amidine groups is 1. The van der Waals surface area contributed by atoms with E-state index in [0.717, 1.165) is 25.5 Å². The van der Waals surface area contributed by atoms with Crippen LogP contribution in [0.4, 0.5) is 10.1 Å². The van der Waals surface area contributed by atoms with Crippen molar-refractivity contribution in [1.82, 2.24) is 10.2 Å². The Bertz CT molecular complexity index is 994. The van der Waals surface area contributed by atoms with Gasteiger partial charge in [-0.1, -0.05) is 6.07 Å². The van der Waals surface area contributed by atoms with E-state index in [1.165, 1.54) is 19.2 Å². The SMILES string of the molecule is CN=C(C)C(=CN)c1ccc(N=C(N)C2=C(NCC3COC3)CCN(C(C)=O)C2)c(F)c1. The van der Waals surface area contributed by atoms with Gasteiger partial charge in [0.15, 0.2) is 0 Å². The first kappa shape index (κ1) is 23.5. The van der Waals surface area contributed by atoms with Gasteiger partial charge in [0.05, 0.1) is 19.8 Å². The van der Waals surface area contributed by atoms with Crippen LogP contribution >= 0.6 is 0 Å². The Balaban J connectivity index is 1.89. The summed E-state index contributed by atoms with van der Waals surface area (Å²) in [4.78, 5) is 22.1. The third kappa shape index (κ3) is 5.34. The van der Waals surface area contributed by atoms with E-state index < -0.39 is 5.82 Å². The number of hydrogen-bond acceptors (Lipinski definition) is 6. The number of carbonyl (C=O) groups excluding carboxylic acids is 1. The minimum absolute atomic E-state index is 0.0358. The summed E-state index contributed by atoms with van der Waals surface area (Å²) in [6.45, 7) is 6.50. The van der Waals surface area contributed by atoms with Crippen LogP contribution < -0.4 is 16.8 Å². The molecular weight excluding hydrogens is 411 g/mol. The number of nitrogens with two attached hydrogens (primary N) is 2. The van der Waals surface area contributed by atoms with Crippen LogP contribution in [-0.4, -0.2) is 62.3 Å². The third-order valence-corrected chi connectivity index (χ3v) is 5.80. The van der Waals surface area contributed by atoms with Crippen LogP contribution in [-0.2, 0) is 9.53 Å². The van der Waals surface area contributed by atoms with E-state index in [9.17, 15) is 9.18 Å². The number of nitrogens with zero attached hydrogens (tertiary/aromatic N) is 3. The number of nitrogens with one attached hydrogen (secondary N) is 1. The van der Waals surface area contributed by atoms with Crippen molar-refractivity contribution in [2.75, 3.05) is 39.9 Å². The maximum atomic E-state index is 14.9. The summed E-state index contributed by atoms with van der Waals surface area (Å²) in [5.41, 5.74) is 15.7. The number of carbonyl (C=O) groups is 1. The molecule has 1 aromatic rings. The van der Waals surface area contributed by atoms with E-state index in [2.05, 4.69) is 15.3 Å². The lowest BCUT2D eigenvalue weighted by Gasteiger charge is -2.32. The molecule has 1 saturated heterocycles. The summed E-state index contributed by atoms with van der Waals surface area (Å²) < 4.78 is 20.1. The van der Waals surface area contributed by atoms with Gasteiger partial charge in [0.25, 0.3) is 0 Å². The Labute approximate surface area is 187 Å². The van der Waals surface area contributed by atoms with Gasteiger partial charge in [-0.25, -0.2) is 9.38 Å². The maximum Gasteiger partial charge on any atom is 0.219 e. The Morgan fingerprint density at radius 3 is 2.69 bits per heavy atom. The Morgan fingerprint density at radius 2 is 2.12 bits per heavy atom. The lowest BCUT2D eigenvalue weighted by atomic mass is 10.0. The van der Waals surface area contributed by atoms with E-state index >= 15 is 0 Å². The molecule has 0 bridgehead atoms. The molecule has 2 heterocycles. The number of ether oxygens (including phenoxy) is 1. The molecule has 0 spiro atoms.